The van der Waals surface area contributed by atoms with Gasteiger partial charge < -0.3 is 20.1 Å². The fraction of sp³-hybridized carbons (Fsp3) is 0.417. The Morgan fingerprint density at radius 1 is 1.58 bits per heavy atom. The van der Waals surface area contributed by atoms with Gasteiger partial charge in [0.15, 0.2) is 5.65 Å². The second-order valence-electron chi connectivity index (χ2n) is 4.43. The number of nitrogens with one attached hydrogen (secondary N) is 2. The van der Waals surface area contributed by atoms with E-state index in [1.165, 1.54) is 0 Å². The lowest BCUT2D eigenvalue weighted by molar-refractivity contribution is -0.136. The average Bonchev–Trinajstić information content (AvgIpc) is 2.80. The van der Waals surface area contributed by atoms with Crippen LogP contribution in [0.15, 0.2) is 12.3 Å². The Balaban J connectivity index is 1.99. The van der Waals surface area contributed by atoms with Crippen molar-refractivity contribution >= 4 is 17.1 Å². The molecule has 0 bridgehead atoms. The summed E-state index contributed by atoms with van der Waals surface area (Å²) in [7, 11) is 0. The van der Waals surface area contributed by atoms with Gasteiger partial charge in [0.1, 0.15) is 12.2 Å². The third-order valence-corrected chi connectivity index (χ3v) is 3.09. The molecule has 3 heterocycles. The van der Waals surface area contributed by atoms with E-state index in [0.717, 1.165) is 17.6 Å². The van der Waals surface area contributed by atoms with E-state index in [0.29, 0.717) is 24.7 Å². The third-order valence-electron chi connectivity index (χ3n) is 3.09. The van der Waals surface area contributed by atoms with Crippen LogP contribution in [-0.4, -0.2) is 45.8 Å². The summed E-state index contributed by atoms with van der Waals surface area (Å²) in [5.41, 5.74) is 2.33. The number of carbonyl (C=O) groups is 1. The van der Waals surface area contributed by atoms with E-state index in [1.54, 1.807) is 6.20 Å². The number of morpholine rings is 1. The Morgan fingerprint density at radius 3 is 3.21 bits per heavy atom. The standard InChI is InChI=1S/C12H14N4O3/c17-10(18)5-9-15-11-7(1-2-14-12(11)16-9)8-6-19-4-3-13-8/h1-2,8,13H,3-6H2,(H,17,18)(H,14,15,16). The molecule has 3 N–H and O–H groups in total. The molecular formula is C12H14N4O3. The van der Waals surface area contributed by atoms with Crippen molar-refractivity contribution in [2.75, 3.05) is 19.8 Å². The van der Waals surface area contributed by atoms with Gasteiger partial charge in [-0.15, -0.1) is 0 Å². The van der Waals surface area contributed by atoms with Crippen molar-refractivity contribution in [1.29, 1.82) is 0 Å². The van der Waals surface area contributed by atoms with Crippen LogP contribution in [0.2, 0.25) is 0 Å². The largest absolute Gasteiger partial charge is 0.481 e. The number of carboxylic acids is 1. The molecule has 0 spiro atoms. The third kappa shape index (κ3) is 2.42. The fourth-order valence-electron chi connectivity index (χ4n) is 2.26. The first-order chi connectivity index (χ1) is 9.24. The highest BCUT2D eigenvalue weighted by Crippen LogP contribution is 2.22. The lowest BCUT2D eigenvalue weighted by atomic mass is 10.1. The summed E-state index contributed by atoms with van der Waals surface area (Å²) in [4.78, 5) is 22.1. The van der Waals surface area contributed by atoms with Gasteiger partial charge in [-0.1, -0.05) is 0 Å². The van der Waals surface area contributed by atoms with Crippen LogP contribution in [-0.2, 0) is 16.0 Å². The summed E-state index contributed by atoms with van der Waals surface area (Å²) in [6, 6.07) is 1.98. The maximum atomic E-state index is 10.7. The van der Waals surface area contributed by atoms with Gasteiger partial charge in [0, 0.05) is 18.3 Å². The van der Waals surface area contributed by atoms with Crippen molar-refractivity contribution in [3.05, 3.63) is 23.7 Å². The molecular weight excluding hydrogens is 248 g/mol. The molecule has 3 rings (SSSR count). The zero-order valence-corrected chi connectivity index (χ0v) is 10.2. The molecule has 0 saturated carbocycles. The van der Waals surface area contributed by atoms with Crippen LogP contribution in [0, 0.1) is 0 Å². The number of imidazole rings is 1. The quantitative estimate of drug-likeness (QED) is 0.733. The molecule has 1 fully saturated rings. The summed E-state index contributed by atoms with van der Waals surface area (Å²) in [6.45, 7) is 2.09. The number of aromatic nitrogens is 3. The van der Waals surface area contributed by atoms with Crippen molar-refractivity contribution in [2.24, 2.45) is 0 Å². The van der Waals surface area contributed by atoms with E-state index in [4.69, 9.17) is 9.84 Å². The van der Waals surface area contributed by atoms with Gasteiger partial charge in [-0.05, 0) is 6.07 Å². The molecule has 19 heavy (non-hydrogen) atoms. The molecule has 7 nitrogen and oxygen atoms in total. The Hall–Kier alpha value is -1.99. The van der Waals surface area contributed by atoms with Gasteiger partial charge >= 0.3 is 5.97 Å². The fourth-order valence-corrected chi connectivity index (χ4v) is 2.26. The van der Waals surface area contributed by atoms with E-state index in [1.807, 2.05) is 6.07 Å². The first-order valence-corrected chi connectivity index (χ1v) is 6.10. The first kappa shape index (κ1) is 12.1. The molecule has 0 aliphatic carbocycles. The Labute approximate surface area is 109 Å². The van der Waals surface area contributed by atoms with E-state index in [-0.39, 0.29) is 12.5 Å². The highest BCUT2D eigenvalue weighted by atomic mass is 16.5. The minimum atomic E-state index is -0.917. The summed E-state index contributed by atoms with van der Waals surface area (Å²) in [5.74, 6) is -0.501. The predicted octanol–water partition coefficient (Wildman–Crippen LogP) is 0.246. The molecule has 1 unspecified atom stereocenters. The van der Waals surface area contributed by atoms with Crippen molar-refractivity contribution in [3.63, 3.8) is 0 Å². The summed E-state index contributed by atoms with van der Waals surface area (Å²) in [5, 5.41) is 12.2. The number of hydrogen-bond donors (Lipinski definition) is 3. The van der Waals surface area contributed by atoms with E-state index in [2.05, 4.69) is 20.3 Å². The second-order valence-corrected chi connectivity index (χ2v) is 4.43. The van der Waals surface area contributed by atoms with Crippen LogP contribution in [0.1, 0.15) is 17.4 Å². The van der Waals surface area contributed by atoms with Gasteiger partial charge in [-0.25, -0.2) is 9.97 Å². The number of aromatic amines is 1. The highest BCUT2D eigenvalue weighted by Gasteiger charge is 2.20. The summed E-state index contributed by atoms with van der Waals surface area (Å²) >= 11 is 0. The van der Waals surface area contributed by atoms with E-state index < -0.39 is 5.97 Å². The zero-order valence-electron chi connectivity index (χ0n) is 10.2. The number of carboxylic acid groups (broad SMARTS) is 1. The summed E-state index contributed by atoms with van der Waals surface area (Å²) < 4.78 is 5.45. The van der Waals surface area contributed by atoms with Crippen LogP contribution in [0.4, 0.5) is 0 Å². The number of fused-ring (bicyclic) bond motifs is 1. The SMILES string of the molecule is O=C(O)Cc1nc2nccc(C3COCCN3)c2[nH]1. The second kappa shape index (κ2) is 4.94. The first-order valence-electron chi connectivity index (χ1n) is 6.10. The topological polar surface area (TPSA) is 100 Å². The average molecular weight is 262 g/mol. The van der Waals surface area contributed by atoms with Crippen LogP contribution in [0.25, 0.3) is 11.2 Å². The molecule has 1 saturated heterocycles. The lowest BCUT2D eigenvalue weighted by Crippen LogP contribution is -2.34. The molecule has 2 aromatic heterocycles. The monoisotopic (exact) mass is 262 g/mol. The molecule has 2 aromatic rings. The maximum Gasteiger partial charge on any atom is 0.311 e. The number of rotatable bonds is 3. The van der Waals surface area contributed by atoms with Crippen LogP contribution in [0.5, 0.6) is 0 Å². The number of hydrogen-bond acceptors (Lipinski definition) is 5. The normalized spacial score (nSPS) is 19.7. The predicted molar refractivity (Wildman–Crippen MR) is 66.8 cm³/mol. The molecule has 0 aromatic carbocycles. The van der Waals surface area contributed by atoms with Crippen molar-refractivity contribution < 1.29 is 14.6 Å². The Kier molecular flexibility index (Phi) is 3.14. The number of aliphatic carboxylic acids is 1. The van der Waals surface area contributed by atoms with Crippen LogP contribution < -0.4 is 5.32 Å². The molecule has 100 valence electrons. The smallest absolute Gasteiger partial charge is 0.311 e. The Morgan fingerprint density at radius 2 is 2.47 bits per heavy atom. The van der Waals surface area contributed by atoms with Gasteiger partial charge in [0.2, 0.25) is 0 Å². The van der Waals surface area contributed by atoms with Gasteiger partial charge in [-0.3, -0.25) is 4.79 Å². The van der Waals surface area contributed by atoms with Gasteiger partial charge in [0.05, 0.1) is 24.8 Å². The van der Waals surface area contributed by atoms with Gasteiger partial charge in [0.25, 0.3) is 0 Å². The molecule has 1 aliphatic heterocycles. The molecule has 1 atom stereocenters. The van der Waals surface area contributed by atoms with Crippen LogP contribution in [0.3, 0.4) is 0 Å². The van der Waals surface area contributed by atoms with Crippen molar-refractivity contribution in [2.45, 2.75) is 12.5 Å². The maximum absolute atomic E-state index is 10.7. The van der Waals surface area contributed by atoms with E-state index >= 15 is 0 Å². The zero-order chi connectivity index (χ0) is 13.2. The van der Waals surface area contributed by atoms with Crippen LogP contribution >= 0.6 is 0 Å². The molecule has 7 heteroatoms. The lowest BCUT2D eigenvalue weighted by Gasteiger charge is -2.24. The molecule has 0 amide bonds. The Bertz CT molecular complexity index is 604. The number of H-pyrrole nitrogens is 1. The summed E-state index contributed by atoms with van der Waals surface area (Å²) in [6.07, 6.45) is 1.55. The minimum Gasteiger partial charge on any atom is -0.481 e. The van der Waals surface area contributed by atoms with Crippen molar-refractivity contribution in [1.82, 2.24) is 20.3 Å². The molecule has 1 aliphatic rings. The molecule has 0 radical (unpaired) electrons. The van der Waals surface area contributed by atoms with E-state index in [9.17, 15) is 4.79 Å². The van der Waals surface area contributed by atoms with Crippen molar-refractivity contribution in [3.8, 4) is 0 Å². The van der Waals surface area contributed by atoms with Gasteiger partial charge in [-0.2, -0.15) is 0 Å². The highest BCUT2D eigenvalue weighted by molar-refractivity contribution is 5.77. The number of nitrogens with zero attached hydrogens (tertiary/aromatic N) is 2. The number of pyridine rings is 1. The minimum absolute atomic E-state index is 0.0809. The number of ether oxygens (including phenoxy) is 1.